The highest BCUT2D eigenvalue weighted by atomic mass is 16.5. The number of rotatable bonds is 7. The summed E-state index contributed by atoms with van der Waals surface area (Å²) >= 11 is 0. The molecule has 6 heteroatoms. The number of hydrogen-bond donors (Lipinski definition) is 0. The average molecular weight is 425 g/mol. The predicted octanol–water partition coefficient (Wildman–Crippen LogP) is 4.11. The molecule has 3 aromatic carbocycles. The van der Waals surface area contributed by atoms with E-state index in [9.17, 15) is 4.79 Å². The summed E-state index contributed by atoms with van der Waals surface area (Å²) in [7, 11) is 4.01. The largest absolute Gasteiger partial charge is 0.492 e. The maximum absolute atomic E-state index is 13.0. The van der Waals surface area contributed by atoms with Crippen LogP contribution < -0.4 is 10.4 Å². The highest BCUT2D eigenvalue weighted by Crippen LogP contribution is 2.21. The summed E-state index contributed by atoms with van der Waals surface area (Å²) in [6.07, 6.45) is 3.53. The molecule has 1 aromatic heterocycles. The number of imidazole rings is 1. The monoisotopic (exact) mass is 424 g/mol. The lowest BCUT2D eigenvalue weighted by atomic mass is 10.0. The van der Waals surface area contributed by atoms with Crippen molar-refractivity contribution in [1.29, 1.82) is 5.26 Å². The summed E-state index contributed by atoms with van der Waals surface area (Å²) in [5.74, 6) is 0.779. The zero-order valence-corrected chi connectivity index (χ0v) is 18.1. The second-order valence-electron chi connectivity index (χ2n) is 7.70. The van der Waals surface area contributed by atoms with Crippen molar-refractivity contribution in [2.45, 2.75) is 0 Å². The Morgan fingerprint density at radius 2 is 1.31 bits per heavy atom. The van der Waals surface area contributed by atoms with Crippen molar-refractivity contribution in [2.24, 2.45) is 0 Å². The molecule has 32 heavy (non-hydrogen) atoms. The lowest BCUT2D eigenvalue weighted by Gasteiger charge is -2.11. The van der Waals surface area contributed by atoms with Gasteiger partial charge in [-0.2, -0.15) is 5.26 Å². The van der Waals surface area contributed by atoms with E-state index < -0.39 is 0 Å². The van der Waals surface area contributed by atoms with E-state index in [1.807, 2.05) is 74.8 Å². The van der Waals surface area contributed by atoms with Crippen LogP contribution in [0.4, 0.5) is 0 Å². The number of ether oxygens (including phenoxy) is 1. The molecule has 0 unspecified atom stereocenters. The fourth-order valence-corrected chi connectivity index (χ4v) is 3.37. The zero-order chi connectivity index (χ0) is 22.5. The van der Waals surface area contributed by atoms with Crippen LogP contribution in [0.2, 0.25) is 0 Å². The average Bonchev–Trinajstić information content (AvgIpc) is 3.21. The first-order valence-corrected chi connectivity index (χ1v) is 10.3. The minimum Gasteiger partial charge on any atom is -0.492 e. The topological polar surface area (TPSA) is 63.2 Å². The summed E-state index contributed by atoms with van der Waals surface area (Å²) in [5.41, 5.74) is 4.10. The molecule has 0 N–H and O–H groups in total. The second-order valence-corrected chi connectivity index (χ2v) is 7.70. The van der Waals surface area contributed by atoms with E-state index in [-0.39, 0.29) is 5.69 Å². The third-order valence-corrected chi connectivity index (χ3v) is 5.19. The highest BCUT2D eigenvalue weighted by molar-refractivity contribution is 5.65. The molecule has 0 fully saturated rings. The second kappa shape index (κ2) is 9.38. The van der Waals surface area contributed by atoms with Crippen molar-refractivity contribution >= 4 is 0 Å². The molecule has 160 valence electrons. The van der Waals surface area contributed by atoms with Crippen molar-refractivity contribution < 1.29 is 4.74 Å². The molecule has 0 aliphatic heterocycles. The molecular weight excluding hydrogens is 400 g/mol. The van der Waals surface area contributed by atoms with Gasteiger partial charge < -0.3 is 9.64 Å². The molecular formula is C26H24N4O2. The van der Waals surface area contributed by atoms with Gasteiger partial charge in [-0.05, 0) is 73.8 Å². The van der Waals surface area contributed by atoms with Gasteiger partial charge in [0.15, 0.2) is 0 Å². The Hall–Kier alpha value is -4.08. The van der Waals surface area contributed by atoms with E-state index in [0.29, 0.717) is 12.2 Å². The van der Waals surface area contributed by atoms with Crippen LogP contribution in [0.5, 0.6) is 5.75 Å². The van der Waals surface area contributed by atoms with Gasteiger partial charge in [0.2, 0.25) is 0 Å². The minimum atomic E-state index is -0.141. The fourth-order valence-electron chi connectivity index (χ4n) is 3.37. The molecule has 0 radical (unpaired) electrons. The van der Waals surface area contributed by atoms with E-state index in [4.69, 9.17) is 10.00 Å². The lowest BCUT2D eigenvalue weighted by Crippen LogP contribution is -2.21. The van der Waals surface area contributed by atoms with Crippen LogP contribution in [-0.2, 0) is 0 Å². The first kappa shape index (κ1) is 21.2. The zero-order valence-electron chi connectivity index (χ0n) is 18.1. The van der Waals surface area contributed by atoms with Crippen molar-refractivity contribution in [3.63, 3.8) is 0 Å². The maximum Gasteiger partial charge on any atom is 0.337 e. The van der Waals surface area contributed by atoms with E-state index in [1.165, 1.54) is 0 Å². The Morgan fingerprint density at radius 3 is 1.81 bits per heavy atom. The highest BCUT2D eigenvalue weighted by Gasteiger charge is 2.08. The van der Waals surface area contributed by atoms with Crippen molar-refractivity contribution in [3.8, 4) is 34.3 Å². The molecule has 0 saturated heterocycles. The Kier molecular flexibility index (Phi) is 6.20. The number of likely N-dealkylation sites (N-methyl/N-ethyl adjacent to an activating group) is 1. The normalized spacial score (nSPS) is 10.8. The molecule has 6 nitrogen and oxygen atoms in total. The number of nitrogens with zero attached hydrogens (tertiary/aromatic N) is 4. The standard InChI is InChI=1S/C26H24N4O2/c1-28(2)17-18-32-25-13-11-24(12-14-25)30-16-15-29(26(30)31)23-9-7-22(8-10-23)21-5-3-20(19-27)4-6-21/h3-16H,17-18H2,1-2H3. The van der Waals surface area contributed by atoms with Crippen LogP contribution in [0.1, 0.15) is 5.56 Å². The van der Waals surface area contributed by atoms with E-state index in [0.717, 1.165) is 34.8 Å². The molecule has 0 aliphatic rings. The number of nitriles is 1. The number of benzene rings is 3. The summed E-state index contributed by atoms with van der Waals surface area (Å²) < 4.78 is 8.95. The molecule has 0 spiro atoms. The lowest BCUT2D eigenvalue weighted by molar-refractivity contribution is 0.261. The molecule has 0 atom stereocenters. The molecule has 0 bridgehead atoms. The minimum absolute atomic E-state index is 0.141. The van der Waals surface area contributed by atoms with Gasteiger partial charge in [-0.15, -0.1) is 0 Å². The van der Waals surface area contributed by atoms with Gasteiger partial charge in [-0.1, -0.05) is 24.3 Å². The fraction of sp³-hybridized carbons (Fsp3) is 0.154. The quantitative estimate of drug-likeness (QED) is 0.448. The van der Waals surface area contributed by atoms with Crippen molar-refractivity contribution in [2.75, 3.05) is 27.2 Å². The van der Waals surface area contributed by atoms with E-state index in [1.54, 1.807) is 33.7 Å². The molecule has 4 aromatic rings. The smallest absolute Gasteiger partial charge is 0.337 e. The third-order valence-electron chi connectivity index (χ3n) is 5.19. The summed E-state index contributed by atoms with van der Waals surface area (Å²) in [6, 6.07) is 24.9. The number of aromatic nitrogens is 2. The van der Waals surface area contributed by atoms with Crippen LogP contribution in [0.3, 0.4) is 0 Å². The van der Waals surface area contributed by atoms with Crippen LogP contribution in [0.25, 0.3) is 22.5 Å². The van der Waals surface area contributed by atoms with Gasteiger partial charge in [-0.25, -0.2) is 4.79 Å². The van der Waals surface area contributed by atoms with Gasteiger partial charge in [0.1, 0.15) is 12.4 Å². The molecule has 4 rings (SSSR count). The number of hydrogen-bond acceptors (Lipinski definition) is 4. The summed E-state index contributed by atoms with van der Waals surface area (Å²) in [6.45, 7) is 1.45. The van der Waals surface area contributed by atoms with Gasteiger partial charge in [-0.3, -0.25) is 9.13 Å². The van der Waals surface area contributed by atoms with E-state index in [2.05, 4.69) is 11.0 Å². The van der Waals surface area contributed by atoms with Gasteiger partial charge in [0.25, 0.3) is 0 Å². The van der Waals surface area contributed by atoms with Crippen LogP contribution in [-0.4, -0.2) is 41.3 Å². The van der Waals surface area contributed by atoms with Crippen LogP contribution in [0, 0.1) is 11.3 Å². The Labute approximate surface area is 187 Å². The Bertz CT molecular complexity index is 1280. The summed E-state index contributed by atoms with van der Waals surface area (Å²) in [4.78, 5) is 15.0. The first-order valence-electron chi connectivity index (χ1n) is 10.3. The Balaban J connectivity index is 1.51. The van der Waals surface area contributed by atoms with Crippen molar-refractivity contribution in [3.05, 3.63) is 101 Å². The van der Waals surface area contributed by atoms with Gasteiger partial charge in [0, 0.05) is 18.9 Å². The van der Waals surface area contributed by atoms with Crippen LogP contribution in [0.15, 0.2) is 90.0 Å². The SMILES string of the molecule is CN(C)CCOc1ccc(-n2ccn(-c3ccc(-c4ccc(C#N)cc4)cc3)c2=O)cc1. The molecule has 0 aliphatic carbocycles. The van der Waals surface area contributed by atoms with Crippen molar-refractivity contribution in [1.82, 2.24) is 14.0 Å². The van der Waals surface area contributed by atoms with Gasteiger partial charge in [0.05, 0.1) is 23.0 Å². The van der Waals surface area contributed by atoms with Crippen LogP contribution >= 0.6 is 0 Å². The van der Waals surface area contributed by atoms with E-state index >= 15 is 0 Å². The third kappa shape index (κ3) is 4.64. The molecule has 1 heterocycles. The Morgan fingerprint density at radius 1 is 0.812 bits per heavy atom. The summed E-state index contributed by atoms with van der Waals surface area (Å²) in [5, 5.41) is 8.95. The molecule has 0 saturated carbocycles. The molecule has 0 amide bonds. The van der Waals surface area contributed by atoms with Gasteiger partial charge >= 0.3 is 5.69 Å². The first-order chi connectivity index (χ1) is 15.5. The maximum atomic E-state index is 13.0. The predicted molar refractivity (Wildman–Crippen MR) is 126 cm³/mol.